The zero-order valence-electron chi connectivity index (χ0n) is 12.2. The molecule has 8 heteroatoms. The van der Waals surface area contributed by atoms with Gasteiger partial charge in [-0.25, -0.2) is 21.9 Å². The predicted octanol–water partition coefficient (Wildman–Crippen LogP) is 1.62. The van der Waals surface area contributed by atoms with Crippen molar-refractivity contribution in [3.05, 3.63) is 23.8 Å². The van der Waals surface area contributed by atoms with E-state index in [0.717, 1.165) is 6.07 Å². The molecule has 5 nitrogen and oxygen atoms in total. The standard InChI is InChI=1S/C13H20F2N2O3S/c1-13(2,3)11(4-5-18)17-21(19,20)10-7-8(16)6-9(14)12(10)15/h6-7,11,17-18H,4-5,16H2,1-3H3. The van der Waals surface area contributed by atoms with Gasteiger partial charge in [-0.3, -0.25) is 0 Å². The normalized spacial score (nSPS) is 14.2. The molecule has 1 unspecified atom stereocenters. The lowest BCUT2D eigenvalue weighted by atomic mass is 9.86. The van der Waals surface area contributed by atoms with Crippen molar-refractivity contribution < 1.29 is 22.3 Å². The minimum absolute atomic E-state index is 0.148. The van der Waals surface area contributed by atoms with Crippen LogP contribution in [0.1, 0.15) is 27.2 Å². The number of nitrogens with two attached hydrogens (primary N) is 1. The van der Waals surface area contributed by atoms with E-state index in [1.165, 1.54) is 0 Å². The van der Waals surface area contributed by atoms with Gasteiger partial charge < -0.3 is 10.8 Å². The van der Waals surface area contributed by atoms with Gasteiger partial charge in [0.25, 0.3) is 0 Å². The summed E-state index contributed by atoms with van der Waals surface area (Å²) in [4.78, 5) is -0.841. The van der Waals surface area contributed by atoms with Gasteiger partial charge in [0.1, 0.15) is 4.90 Å². The molecule has 1 rings (SSSR count). The monoisotopic (exact) mass is 322 g/mol. The summed E-state index contributed by atoms with van der Waals surface area (Å²) in [6.45, 7) is 5.07. The summed E-state index contributed by atoms with van der Waals surface area (Å²) in [7, 11) is -4.30. The Labute approximate surface area is 123 Å². The van der Waals surface area contributed by atoms with Crippen LogP contribution in [0.3, 0.4) is 0 Å². The molecule has 1 aromatic carbocycles. The highest BCUT2D eigenvalue weighted by Crippen LogP contribution is 2.26. The van der Waals surface area contributed by atoms with E-state index in [2.05, 4.69) is 4.72 Å². The molecule has 0 aliphatic heterocycles. The van der Waals surface area contributed by atoms with Crippen LogP contribution in [-0.2, 0) is 10.0 Å². The summed E-state index contributed by atoms with van der Waals surface area (Å²) in [5, 5.41) is 9.02. The SMILES string of the molecule is CC(C)(C)C(CCO)NS(=O)(=O)c1cc(N)cc(F)c1F. The fourth-order valence-corrected chi connectivity index (χ4v) is 3.43. The van der Waals surface area contributed by atoms with Gasteiger partial charge in [0.15, 0.2) is 11.6 Å². The quantitative estimate of drug-likeness (QED) is 0.718. The molecule has 0 fully saturated rings. The molecule has 0 saturated heterocycles. The van der Waals surface area contributed by atoms with Gasteiger partial charge in [0, 0.05) is 18.3 Å². The molecule has 120 valence electrons. The van der Waals surface area contributed by atoms with Gasteiger partial charge >= 0.3 is 0 Å². The number of aliphatic hydroxyl groups excluding tert-OH is 1. The Kier molecular flexibility index (Phi) is 5.30. The molecule has 0 amide bonds. The van der Waals surface area contributed by atoms with Crippen molar-refractivity contribution in [3.63, 3.8) is 0 Å². The van der Waals surface area contributed by atoms with E-state index in [1.54, 1.807) is 20.8 Å². The minimum atomic E-state index is -4.30. The first-order valence-corrected chi connectivity index (χ1v) is 7.85. The summed E-state index contributed by atoms with van der Waals surface area (Å²) >= 11 is 0. The predicted molar refractivity (Wildman–Crippen MR) is 76.0 cm³/mol. The number of sulfonamides is 1. The van der Waals surface area contributed by atoms with E-state index in [9.17, 15) is 17.2 Å². The van der Waals surface area contributed by atoms with E-state index in [0.29, 0.717) is 6.07 Å². The maximum Gasteiger partial charge on any atom is 0.243 e. The number of rotatable bonds is 5. The van der Waals surface area contributed by atoms with E-state index in [1.807, 2.05) is 0 Å². The van der Waals surface area contributed by atoms with Crippen LogP contribution in [0.2, 0.25) is 0 Å². The molecule has 0 aliphatic rings. The number of anilines is 1. The Morgan fingerprint density at radius 2 is 1.90 bits per heavy atom. The summed E-state index contributed by atoms with van der Waals surface area (Å²) in [5.41, 5.74) is 4.66. The third kappa shape index (κ3) is 4.36. The second-order valence-electron chi connectivity index (χ2n) is 5.87. The number of hydrogen-bond donors (Lipinski definition) is 3. The molecule has 0 heterocycles. The second kappa shape index (κ2) is 6.25. The topological polar surface area (TPSA) is 92.4 Å². The van der Waals surface area contributed by atoms with Crippen LogP contribution < -0.4 is 10.5 Å². The fraction of sp³-hybridized carbons (Fsp3) is 0.538. The van der Waals surface area contributed by atoms with Crippen LogP contribution in [-0.4, -0.2) is 26.2 Å². The molecule has 1 atom stereocenters. The van der Waals surface area contributed by atoms with Crippen molar-refractivity contribution >= 4 is 15.7 Å². The van der Waals surface area contributed by atoms with Crippen LogP contribution in [0.25, 0.3) is 0 Å². The Morgan fingerprint density at radius 3 is 2.38 bits per heavy atom. The van der Waals surface area contributed by atoms with Crippen LogP contribution >= 0.6 is 0 Å². The number of hydrogen-bond acceptors (Lipinski definition) is 4. The minimum Gasteiger partial charge on any atom is -0.399 e. The number of aliphatic hydroxyl groups is 1. The van der Waals surface area contributed by atoms with Crippen molar-refractivity contribution in [2.45, 2.75) is 38.1 Å². The maximum absolute atomic E-state index is 13.7. The molecule has 0 spiro atoms. The number of nitrogens with one attached hydrogen (secondary N) is 1. The number of nitrogen functional groups attached to an aromatic ring is 1. The van der Waals surface area contributed by atoms with Crippen molar-refractivity contribution in [2.24, 2.45) is 5.41 Å². The van der Waals surface area contributed by atoms with Gasteiger partial charge in [0.05, 0.1) is 0 Å². The average molecular weight is 322 g/mol. The molecule has 0 bridgehead atoms. The van der Waals surface area contributed by atoms with Crippen LogP contribution in [0.15, 0.2) is 17.0 Å². The van der Waals surface area contributed by atoms with Crippen molar-refractivity contribution in [3.8, 4) is 0 Å². The third-order valence-electron chi connectivity index (χ3n) is 3.07. The van der Waals surface area contributed by atoms with Gasteiger partial charge in [-0.2, -0.15) is 0 Å². The molecular formula is C13H20F2N2O3S. The smallest absolute Gasteiger partial charge is 0.243 e. The molecule has 21 heavy (non-hydrogen) atoms. The van der Waals surface area contributed by atoms with Crippen molar-refractivity contribution in [1.29, 1.82) is 0 Å². The Bertz CT molecular complexity index is 613. The highest BCUT2D eigenvalue weighted by molar-refractivity contribution is 7.89. The van der Waals surface area contributed by atoms with Crippen molar-refractivity contribution in [2.75, 3.05) is 12.3 Å². The molecule has 1 aromatic rings. The van der Waals surface area contributed by atoms with E-state index in [-0.39, 0.29) is 18.7 Å². The van der Waals surface area contributed by atoms with E-state index in [4.69, 9.17) is 10.8 Å². The lowest BCUT2D eigenvalue weighted by Gasteiger charge is -2.30. The lowest BCUT2D eigenvalue weighted by molar-refractivity contribution is 0.214. The first-order chi connectivity index (χ1) is 9.49. The molecule has 0 radical (unpaired) electrons. The Morgan fingerprint density at radius 1 is 1.33 bits per heavy atom. The van der Waals surface area contributed by atoms with Crippen LogP contribution in [0.4, 0.5) is 14.5 Å². The fourth-order valence-electron chi connectivity index (χ4n) is 1.83. The maximum atomic E-state index is 13.7. The first kappa shape index (κ1) is 17.8. The highest BCUT2D eigenvalue weighted by atomic mass is 32.2. The molecule has 0 aromatic heterocycles. The lowest BCUT2D eigenvalue weighted by Crippen LogP contribution is -2.44. The van der Waals surface area contributed by atoms with Gasteiger partial charge in [-0.15, -0.1) is 0 Å². The zero-order valence-corrected chi connectivity index (χ0v) is 13.0. The Hall–Kier alpha value is -1.25. The molecule has 4 N–H and O–H groups in total. The zero-order chi connectivity index (χ0) is 16.4. The van der Waals surface area contributed by atoms with E-state index >= 15 is 0 Å². The van der Waals surface area contributed by atoms with Gasteiger partial charge in [0.2, 0.25) is 10.0 Å². The third-order valence-corrected chi connectivity index (χ3v) is 4.54. The largest absolute Gasteiger partial charge is 0.399 e. The van der Waals surface area contributed by atoms with Gasteiger partial charge in [-0.05, 0) is 24.0 Å². The summed E-state index contributed by atoms with van der Waals surface area (Å²) in [6.07, 6.45) is 0.148. The highest BCUT2D eigenvalue weighted by Gasteiger charge is 2.31. The summed E-state index contributed by atoms with van der Waals surface area (Å²) in [6, 6.07) is 0.930. The van der Waals surface area contributed by atoms with Crippen LogP contribution in [0, 0.1) is 17.0 Å². The van der Waals surface area contributed by atoms with E-state index < -0.39 is 38.0 Å². The summed E-state index contributed by atoms with van der Waals surface area (Å²) < 4.78 is 53.8. The van der Waals surface area contributed by atoms with Crippen molar-refractivity contribution in [1.82, 2.24) is 4.72 Å². The van der Waals surface area contributed by atoms with Crippen LogP contribution in [0.5, 0.6) is 0 Å². The molecule has 0 aliphatic carbocycles. The average Bonchev–Trinajstić information content (AvgIpc) is 2.31. The number of benzene rings is 1. The Balaban J connectivity index is 3.23. The first-order valence-electron chi connectivity index (χ1n) is 6.36. The summed E-state index contributed by atoms with van der Waals surface area (Å²) in [5.74, 6) is -2.81. The van der Waals surface area contributed by atoms with Gasteiger partial charge in [-0.1, -0.05) is 20.8 Å². The second-order valence-corrected chi connectivity index (χ2v) is 7.55. The molecular weight excluding hydrogens is 302 g/mol. The molecule has 0 saturated carbocycles. The number of halogens is 2.